The summed E-state index contributed by atoms with van der Waals surface area (Å²) in [5, 5.41) is 14.5. The molecule has 10 aromatic rings. The maximum atomic E-state index is 9.92. The lowest BCUT2D eigenvalue weighted by atomic mass is 9.93. The van der Waals surface area contributed by atoms with E-state index in [4.69, 9.17) is 6.57 Å². The van der Waals surface area contributed by atoms with Crippen molar-refractivity contribution >= 4 is 49.3 Å². The van der Waals surface area contributed by atoms with Crippen LogP contribution in [0.5, 0.6) is 0 Å². The van der Waals surface area contributed by atoms with Crippen LogP contribution in [0.25, 0.3) is 93.2 Å². The third-order valence-corrected chi connectivity index (χ3v) is 12.3. The predicted molar refractivity (Wildman–Crippen MR) is 251 cm³/mol. The topological polar surface area (TPSA) is 38.0 Å². The first-order valence-corrected chi connectivity index (χ1v) is 20.4. The highest BCUT2D eigenvalue weighted by atomic mass is 15.1. The summed E-state index contributed by atoms with van der Waals surface area (Å²) in [5.41, 5.74) is 21.3. The van der Waals surface area contributed by atoms with Crippen molar-refractivity contribution in [2.75, 3.05) is 0 Å². The summed E-state index contributed by atoms with van der Waals surface area (Å²) in [7, 11) is 0. The Morgan fingerprint density at radius 2 is 0.917 bits per heavy atom. The number of hydrogen-bond acceptors (Lipinski definition) is 1. The number of aromatic nitrogens is 2. The fraction of sp³-hybridized carbons (Fsp3) is 0.107. The molecular formula is C56H42N4. The highest BCUT2D eigenvalue weighted by Gasteiger charge is 2.23. The molecule has 0 saturated heterocycles. The molecule has 286 valence electrons. The van der Waals surface area contributed by atoms with Crippen LogP contribution in [-0.2, 0) is 0 Å². The maximum Gasteiger partial charge on any atom is 0.197 e. The van der Waals surface area contributed by atoms with E-state index >= 15 is 0 Å². The average Bonchev–Trinajstić information content (AvgIpc) is 3.74. The summed E-state index contributed by atoms with van der Waals surface area (Å²) < 4.78 is 4.72. The molecule has 2 aromatic heterocycles. The van der Waals surface area contributed by atoms with Crippen molar-refractivity contribution in [3.05, 3.63) is 196 Å². The van der Waals surface area contributed by atoms with Crippen molar-refractivity contribution in [2.24, 2.45) is 0 Å². The number of fused-ring (bicyclic) bond motifs is 6. The minimum atomic E-state index is 0.519. The lowest BCUT2D eigenvalue weighted by molar-refractivity contribution is 1.10. The summed E-state index contributed by atoms with van der Waals surface area (Å²) in [5.74, 6) is 0. The molecule has 0 N–H and O–H groups in total. The largest absolute Gasteiger partial charge is 0.308 e. The van der Waals surface area contributed by atoms with Gasteiger partial charge in [-0.25, -0.2) is 4.85 Å². The van der Waals surface area contributed by atoms with Crippen LogP contribution in [-0.4, -0.2) is 9.13 Å². The van der Waals surface area contributed by atoms with Gasteiger partial charge in [-0.15, -0.1) is 0 Å². The molecule has 0 saturated carbocycles. The van der Waals surface area contributed by atoms with Gasteiger partial charge in [0, 0.05) is 21.5 Å². The summed E-state index contributed by atoms with van der Waals surface area (Å²) >= 11 is 0. The molecule has 0 amide bonds. The lowest BCUT2D eigenvalue weighted by Gasteiger charge is -2.20. The Morgan fingerprint density at radius 1 is 0.450 bits per heavy atom. The van der Waals surface area contributed by atoms with Gasteiger partial charge in [0.1, 0.15) is 0 Å². The van der Waals surface area contributed by atoms with Gasteiger partial charge in [-0.3, -0.25) is 0 Å². The molecule has 0 unspecified atom stereocenters. The average molecular weight is 771 g/mol. The van der Waals surface area contributed by atoms with Crippen LogP contribution in [0.15, 0.2) is 146 Å². The molecule has 60 heavy (non-hydrogen) atoms. The lowest BCUT2D eigenvalue weighted by Crippen LogP contribution is -2.04. The summed E-state index contributed by atoms with van der Waals surface area (Å²) in [4.78, 5) is 4.17. The van der Waals surface area contributed by atoms with E-state index < -0.39 is 0 Å². The monoisotopic (exact) mass is 770 g/mol. The number of nitrogens with zero attached hydrogens (tertiary/aromatic N) is 4. The third-order valence-electron chi connectivity index (χ3n) is 12.3. The van der Waals surface area contributed by atoms with E-state index in [1.54, 1.807) is 0 Å². The minimum absolute atomic E-state index is 0.519. The number of nitriles is 1. The first-order valence-electron chi connectivity index (χ1n) is 20.4. The van der Waals surface area contributed by atoms with E-state index in [-0.39, 0.29) is 0 Å². The van der Waals surface area contributed by atoms with Crippen molar-refractivity contribution < 1.29 is 0 Å². The number of hydrogen-bond donors (Lipinski definition) is 0. The molecule has 0 bridgehead atoms. The zero-order valence-electron chi connectivity index (χ0n) is 34.6. The third kappa shape index (κ3) is 5.72. The van der Waals surface area contributed by atoms with Crippen LogP contribution >= 0.6 is 0 Å². The Hall–Kier alpha value is -7.66. The van der Waals surface area contributed by atoms with Gasteiger partial charge in [-0.05, 0) is 158 Å². The van der Waals surface area contributed by atoms with Crippen molar-refractivity contribution in [2.45, 2.75) is 41.5 Å². The highest BCUT2D eigenvalue weighted by molar-refractivity contribution is 6.13. The van der Waals surface area contributed by atoms with Crippen LogP contribution < -0.4 is 0 Å². The molecule has 0 aliphatic rings. The molecule has 0 aliphatic carbocycles. The molecule has 0 aliphatic heterocycles. The van der Waals surface area contributed by atoms with Crippen molar-refractivity contribution in [3.8, 4) is 50.8 Å². The molecular weight excluding hydrogens is 729 g/mol. The molecule has 0 radical (unpaired) electrons. The van der Waals surface area contributed by atoms with Crippen LogP contribution in [0.4, 0.5) is 5.69 Å². The Bertz CT molecular complexity index is 3480. The van der Waals surface area contributed by atoms with Crippen LogP contribution in [0.3, 0.4) is 0 Å². The summed E-state index contributed by atoms with van der Waals surface area (Å²) in [6.07, 6.45) is 0. The zero-order chi connectivity index (χ0) is 41.4. The van der Waals surface area contributed by atoms with Crippen molar-refractivity contribution in [1.29, 1.82) is 5.26 Å². The number of rotatable bonds is 5. The van der Waals surface area contributed by atoms with E-state index in [0.29, 0.717) is 11.3 Å². The summed E-state index contributed by atoms with van der Waals surface area (Å²) in [6.45, 7) is 21.7. The van der Waals surface area contributed by atoms with E-state index in [1.165, 1.54) is 55.6 Å². The van der Waals surface area contributed by atoms with Gasteiger partial charge in [0.25, 0.3) is 0 Å². The molecule has 0 atom stereocenters. The predicted octanol–water partition coefficient (Wildman–Crippen LogP) is 15.2. The Kier molecular flexibility index (Phi) is 8.57. The first kappa shape index (κ1) is 36.7. The fourth-order valence-corrected chi connectivity index (χ4v) is 10.1. The fourth-order valence-electron chi connectivity index (χ4n) is 10.1. The second kappa shape index (κ2) is 14.0. The van der Waals surface area contributed by atoms with Gasteiger partial charge in [0.05, 0.1) is 51.6 Å². The van der Waals surface area contributed by atoms with E-state index in [2.05, 4.69) is 183 Å². The van der Waals surface area contributed by atoms with Crippen LogP contribution in [0.2, 0.25) is 0 Å². The number of para-hydroxylation sites is 2. The first-order chi connectivity index (χ1) is 29.1. The van der Waals surface area contributed by atoms with Gasteiger partial charge < -0.3 is 9.13 Å². The smallest absolute Gasteiger partial charge is 0.197 e. The highest BCUT2D eigenvalue weighted by Crippen LogP contribution is 2.45. The van der Waals surface area contributed by atoms with Crippen LogP contribution in [0.1, 0.15) is 38.9 Å². The normalized spacial score (nSPS) is 11.5. The maximum absolute atomic E-state index is 9.92. The standard InChI is InChI=1S/C56H42N4/c1-33-23-35(3)55(36(4)24-33)41-19-21-51-46(28-41)43-15-8-10-17-49(43)59(51)53-30-45(40-14-12-13-39(27-40)32-57)48(58-7)31-54(53)60-50-18-11-9-16-44(50)47-29-42(20-22-52(47)60)56-37(5)25-34(2)26-38(56)6/h8-31H,1-6H3. The molecule has 2 heterocycles. The Balaban J connectivity index is 1.32. The molecule has 8 aromatic carbocycles. The quantitative estimate of drug-likeness (QED) is 0.161. The van der Waals surface area contributed by atoms with Gasteiger partial charge >= 0.3 is 0 Å². The van der Waals surface area contributed by atoms with E-state index in [9.17, 15) is 5.26 Å². The van der Waals surface area contributed by atoms with Gasteiger partial charge in [0.2, 0.25) is 0 Å². The minimum Gasteiger partial charge on any atom is -0.308 e. The molecule has 0 spiro atoms. The zero-order valence-corrected chi connectivity index (χ0v) is 34.6. The molecule has 4 heteroatoms. The van der Waals surface area contributed by atoms with E-state index in [1.807, 2.05) is 24.3 Å². The van der Waals surface area contributed by atoms with Gasteiger partial charge in [-0.2, -0.15) is 5.26 Å². The molecule has 10 rings (SSSR count). The van der Waals surface area contributed by atoms with Crippen molar-refractivity contribution in [3.63, 3.8) is 0 Å². The molecule has 0 fully saturated rings. The Morgan fingerprint density at radius 3 is 1.40 bits per heavy atom. The number of aryl methyl sites for hydroxylation is 6. The van der Waals surface area contributed by atoms with Gasteiger partial charge in [0.15, 0.2) is 5.69 Å². The Labute approximate surface area is 350 Å². The second-order valence-electron chi connectivity index (χ2n) is 16.4. The number of benzene rings is 8. The summed E-state index contributed by atoms with van der Waals surface area (Å²) in [6, 6.07) is 54.1. The SMILES string of the molecule is [C-]#[N+]c1cc(-n2c3ccccc3c3cc(-c4c(C)cc(C)cc4C)ccc32)c(-n2c3ccccc3c3cc(-c4c(C)cc(C)cc4C)ccc32)cc1-c1cccc(C#N)c1. The van der Waals surface area contributed by atoms with Gasteiger partial charge in [-0.1, -0.05) is 96.1 Å². The van der Waals surface area contributed by atoms with E-state index in [0.717, 1.165) is 66.1 Å². The van der Waals surface area contributed by atoms with Crippen LogP contribution in [0, 0.1) is 59.4 Å². The molecule has 4 nitrogen and oxygen atoms in total. The second-order valence-corrected chi connectivity index (χ2v) is 16.4. The van der Waals surface area contributed by atoms with Crippen molar-refractivity contribution in [1.82, 2.24) is 9.13 Å².